The number of methoxy groups -OCH3 is 1. The number of nitro groups is 1. The van der Waals surface area contributed by atoms with Crippen LogP contribution in [0.1, 0.15) is 32.9 Å². The number of para-hydroxylation sites is 1. The van der Waals surface area contributed by atoms with Crippen molar-refractivity contribution in [2.45, 2.75) is 19.7 Å². The van der Waals surface area contributed by atoms with Crippen molar-refractivity contribution in [2.75, 3.05) is 12.4 Å². The number of furan rings is 1. The van der Waals surface area contributed by atoms with Gasteiger partial charge in [-0.2, -0.15) is 0 Å². The monoisotopic (exact) mass is 450 g/mol. The summed E-state index contributed by atoms with van der Waals surface area (Å²) < 4.78 is 11.3. The minimum absolute atomic E-state index is 0.0502. The maximum Gasteiger partial charge on any atom is 0.280 e. The minimum Gasteiger partial charge on any atom is -0.457 e. The van der Waals surface area contributed by atoms with Crippen molar-refractivity contribution in [1.29, 1.82) is 0 Å². The minimum atomic E-state index is -0.638. The van der Waals surface area contributed by atoms with Crippen molar-refractivity contribution < 1.29 is 18.9 Å². The molecule has 9 nitrogen and oxygen atoms in total. The zero-order valence-corrected chi connectivity index (χ0v) is 18.0. The lowest BCUT2D eigenvalue weighted by Crippen LogP contribution is -2.37. The first-order valence-electron chi connectivity index (χ1n) is 9.79. The Hall–Kier alpha value is -3.76. The molecule has 0 saturated carbocycles. The first-order chi connectivity index (χ1) is 15.5. The molecule has 3 aromatic heterocycles. The fourth-order valence-corrected chi connectivity index (χ4v) is 5.03. The van der Waals surface area contributed by atoms with Crippen molar-refractivity contribution in [3.8, 4) is 11.3 Å². The Labute approximate surface area is 186 Å². The number of benzene rings is 1. The van der Waals surface area contributed by atoms with Crippen molar-refractivity contribution in [1.82, 2.24) is 10.3 Å². The molecule has 0 spiro atoms. The number of aromatic nitrogens is 1. The van der Waals surface area contributed by atoms with E-state index in [-0.39, 0.29) is 11.6 Å². The molecule has 2 N–H and O–H groups in total. The van der Waals surface area contributed by atoms with Crippen LogP contribution in [-0.4, -0.2) is 22.9 Å². The molecule has 5 rings (SSSR count). The highest BCUT2D eigenvalue weighted by atomic mass is 32.1. The number of hydrogen-bond donors (Lipinski definition) is 2. The normalized spacial score (nSPS) is 15.3. The van der Waals surface area contributed by atoms with Gasteiger partial charge in [0.25, 0.3) is 11.6 Å². The number of nitrogens with one attached hydrogen (secondary N) is 2. The third-order valence-electron chi connectivity index (χ3n) is 5.22. The van der Waals surface area contributed by atoms with Crippen molar-refractivity contribution in [3.05, 3.63) is 74.5 Å². The van der Waals surface area contributed by atoms with Gasteiger partial charge in [-0.05, 0) is 36.8 Å². The lowest BCUT2D eigenvalue weighted by atomic mass is 10.1. The Bertz CT molecular complexity index is 1380. The first kappa shape index (κ1) is 20.2. The van der Waals surface area contributed by atoms with Gasteiger partial charge >= 0.3 is 0 Å². The zero-order chi connectivity index (χ0) is 22.4. The summed E-state index contributed by atoms with van der Waals surface area (Å²) in [5.74, 6) is 0.544. The number of carbonyl (C=O) groups is 1. The Morgan fingerprint density at radius 1 is 1.25 bits per heavy atom. The van der Waals surface area contributed by atoms with Crippen molar-refractivity contribution >= 4 is 38.8 Å². The van der Waals surface area contributed by atoms with Crippen LogP contribution in [0.25, 0.3) is 21.5 Å². The standard InChI is InChI=1S/C22H18N4O5S/c1-11-9-12(10-30-2)17-18-19(32-22(17)23-11)21(27)25-20(24-18)16-8-7-15(31-16)13-5-3-4-6-14(13)26(28)29/h3-9,20,24H,10H2,1-2H3,(H,25,27)/t20-/m0/s1. The van der Waals surface area contributed by atoms with Crippen LogP contribution in [0.15, 0.2) is 46.9 Å². The van der Waals surface area contributed by atoms with Crippen molar-refractivity contribution in [3.63, 3.8) is 0 Å². The van der Waals surface area contributed by atoms with Gasteiger partial charge in [-0.1, -0.05) is 12.1 Å². The molecule has 0 saturated heterocycles. The highest BCUT2D eigenvalue weighted by Crippen LogP contribution is 2.42. The largest absolute Gasteiger partial charge is 0.457 e. The summed E-state index contributed by atoms with van der Waals surface area (Å²) in [6.45, 7) is 2.29. The van der Waals surface area contributed by atoms with Crippen LogP contribution in [0, 0.1) is 17.0 Å². The SMILES string of the molecule is COCc1cc(C)nc2sc3c(c12)N[C@H](c1ccc(-c2ccccc2[N+](=O)[O-])o1)NC3=O. The molecular formula is C22H18N4O5S. The van der Waals surface area contributed by atoms with Gasteiger partial charge in [-0.3, -0.25) is 14.9 Å². The van der Waals surface area contributed by atoms with E-state index in [1.165, 1.54) is 17.4 Å². The summed E-state index contributed by atoms with van der Waals surface area (Å²) in [4.78, 5) is 29.7. The molecule has 10 heteroatoms. The molecular weight excluding hydrogens is 432 g/mol. The zero-order valence-electron chi connectivity index (χ0n) is 17.2. The van der Waals surface area contributed by atoms with Crippen LogP contribution in [0.3, 0.4) is 0 Å². The van der Waals surface area contributed by atoms with E-state index in [0.717, 1.165) is 21.5 Å². The van der Waals surface area contributed by atoms with Crippen LogP contribution in [-0.2, 0) is 11.3 Å². The second-order valence-electron chi connectivity index (χ2n) is 7.37. The number of thiophene rings is 1. The summed E-state index contributed by atoms with van der Waals surface area (Å²) >= 11 is 1.32. The summed E-state index contributed by atoms with van der Waals surface area (Å²) in [5, 5.41) is 18.5. The third-order valence-corrected chi connectivity index (χ3v) is 6.30. The Morgan fingerprint density at radius 2 is 2.06 bits per heavy atom. The van der Waals surface area contributed by atoms with Gasteiger partial charge < -0.3 is 19.8 Å². The molecule has 1 aromatic carbocycles. The molecule has 0 bridgehead atoms. The molecule has 162 valence electrons. The number of nitro benzene ring substituents is 1. The van der Waals surface area contributed by atoms with Gasteiger partial charge in [-0.25, -0.2) is 4.98 Å². The lowest BCUT2D eigenvalue weighted by molar-refractivity contribution is -0.384. The number of hydrogen-bond acceptors (Lipinski definition) is 8. The topological polar surface area (TPSA) is 120 Å². The van der Waals surface area contributed by atoms with Gasteiger partial charge in [0, 0.05) is 24.3 Å². The number of aryl methyl sites for hydroxylation is 1. The number of nitrogens with zero attached hydrogens (tertiary/aromatic N) is 2. The molecule has 32 heavy (non-hydrogen) atoms. The molecule has 0 unspecified atom stereocenters. The summed E-state index contributed by atoms with van der Waals surface area (Å²) in [6, 6.07) is 11.7. The number of rotatable bonds is 5. The van der Waals surface area contributed by atoms with Crippen molar-refractivity contribution in [2.24, 2.45) is 0 Å². The number of anilines is 1. The van der Waals surface area contributed by atoms with Gasteiger partial charge in [0.05, 0.1) is 22.8 Å². The van der Waals surface area contributed by atoms with Crippen LogP contribution in [0.2, 0.25) is 0 Å². The Kier molecular flexibility index (Phi) is 4.87. The van der Waals surface area contributed by atoms with E-state index >= 15 is 0 Å². The van der Waals surface area contributed by atoms with E-state index < -0.39 is 11.1 Å². The van der Waals surface area contributed by atoms with E-state index in [2.05, 4.69) is 15.6 Å². The van der Waals surface area contributed by atoms with Gasteiger partial charge in [0.15, 0.2) is 6.17 Å². The molecule has 0 aliphatic carbocycles. The second kappa shape index (κ2) is 7.74. The van der Waals surface area contributed by atoms with E-state index in [9.17, 15) is 14.9 Å². The number of pyridine rings is 1. The molecule has 1 aliphatic heterocycles. The highest BCUT2D eigenvalue weighted by Gasteiger charge is 2.32. The van der Waals surface area contributed by atoms with E-state index in [1.807, 2.05) is 13.0 Å². The smallest absolute Gasteiger partial charge is 0.280 e. The summed E-state index contributed by atoms with van der Waals surface area (Å²) in [6.07, 6.45) is -0.638. The summed E-state index contributed by atoms with van der Waals surface area (Å²) in [7, 11) is 1.62. The maximum atomic E-state index is 12.9. The van der Waals surface area contributed by atoms with Gasteiger partial charge in [0.2, 0.25) is 0 Å². The fourth-order valence-electron chi connectivity index (χ4n) is 3.89. The van der Waals surface area contributed by atoms with Crippen LogP contribution >= 0.6 is 11.3 Å². The summed E-state index contributed by atoms with van der Waals surface area (Å²) in [5.41, 5.74) is 2.79. The quantitative estimate of drug-likeness (QED) is 0.332. The lowest BCUT2D eigenvalue weighted by Gasteiger charge is -2.24. The number of amides is 1. The van der Waals surface area contributed by atoms with E-state index in [1.54, 1.807) is 37.4 Å². The molecule has 0 radical (unpaired) electrons. The molecule has 1 amide bonds. The van der Waals surface area contributed by atoms with Crippen LogP contribution in [0.4, 0.5) is 11.4 Å². The molecule has 0 fully saturated rings. The molecule has 4 heterocycles. The number of ether oxygens (including phenoxy) is 1. The maximum absolute atomic E-state index is 12.9. The fraction of sp³-hybridized carbons (Fsp3) is 0.182. The molecule has 1 atom stereocenters. The average Bonchev–Trinajstić information content (AvgIpc) is 3.39. The second-order valence-corrected chi connectivity index (χ2v) is 8.37. The Morgan fingerprint density at radius 3 is 2.84 bits per heavy atom. The van der Waals surface area contributed by atoms with Gasteiger partial charge in [-0.15, -0.1) is 11.3 Å². The Balaban J connectivity index is 1.55. The highest BCUT2D eigenvalue weighted by molar-refractivity contribution is 7.21. The van der Waals surface area contributed by atoms with Crippen LogP contribution < -0.4 is 10.6 Å². The average molecular weight is 450 g/mol. The first-order valence-corrected chi connectivity index (χ1v) is 10.6. The number of carbonyl (C=O) groups excluding carboxylic acids is 1. The number of fused-ring (bicyclic) bond motifs is 3. The van der Waals surface area contributed by atoms with E-state index in [4.69, 9.17) is 9.15 Å². The molecule has 1 aliphatic rings. The predicted octanol–water partition coefficient (Wildman–Crippen LogP) is 4.77. The molecule has 4 aromatic rings. The van der Waals surface area contributed by atoms with Crippen LogP contribution in [0.5, 0.6) is 0 Å². The van der Waals surface area contributed by atoms with E-state index in [0.29, 0.717) is 34.3 Å². The van der Waals surface area contributed by atoms with Gasteiger partial charge in [0.1, 0.15) is 21.2 Å². The predicted molar refractivity (Wildman–Crippen MR) is 120 cm³/mol. The third kappa shape index (κ3) is 3.29.